The Balaban J connectivity index is 2.26. The van der Waals surface area contributed by atoms with Crippen LogP contribution in [0.5, 0.6) is 5.75 Å². The Kier molecular flexibility index (Phi) is 7.04. The van der Waals surface area contributed by atoms with Gasteiger partial charge in [0, 0.05) is 6.54 Å². The molecule has 0 aliphatic heterocycles. The first-order chi connectivity index (χ1) is 9.52. The zero-order chi connectivity index (χ0) is 15.0. The highest BCUT2D eigenvalue weighted by Gasteiger charge is 2.13. The molecule has 112 valence electrons. The predicted octanol–water partition coefficient (Wildman–Crippen LogP) is 0.978. The Bertz CT molecular complexity index is 423. The van der Waals surface area contributed by atoms with Gasteiger partial charge in [0.25, 0.3) is 0 Å². The van der Waals surface area contributed by atoms with Gasteiger partial charge in [-0.15, -0.1) is 0 Å². The lowest BCUT2D eigenvalue weighted by atomic mass is 10.1. The summed E-state index contributed by atoms with van der Waals surface area (Å²) in [4.78, 5) is 11.6. The summed E-state index contributed by atoms with van der Waals surface area (Å²) in [6.45, 7) is 4.21. The minimum absolute atomic E-state index is 0.132. The Morgan fingerprint density at radius 2 is 2.25 bits per heavy atom. The van der Waals surface area contributed by atoms with Gasteiger partial charge in [0.2, 0.25) is 5.91 Å². The van der Waals surface area contributed by atoms with Gasteiger partial charge < -0.3 is 20.9 Å². The third-order valence-corrected chi connectivity index (χ3v) is 2.88. The molecule has 1 amide bonds. The fraction of sp³-hybridized carbons (Fsp3) is 0.533. The number of aliphatic hydroxyl groups excluding tert-OH is 1. The number of carbonyl (C=O) groups excluding carboxylic acids is 1. The molecule has 0 spiro atoms. The smallest absolute Gasteiger partial charge is 0.237 e. The summed E-state index contributed by atoms with van der Waals surface area (Å²) in [6.07, 6.45) is 0.739. The van der Waals surface area contributed by atoms with Crippen molar-refractivity contribution < 1.29 is 14.6 Å². The van der Waals surface area contributed by atoms with Crippen molar-refractivity contribution in [2.45, 2.75) is 38.8 Å². The number of amides is 1. The second-order valence-corrected chi connectivity index (χ2v) is 4.92. The van der Waals surface area contributed by atoms with E-state index in [2.05, 4.69) is 5.32 Å². The number of hydrogen-bond acceptors (Lipinski definition) is 4. The lowest BCUT2D eigenvalue weighted by Gasteiger charge is -2.15. The second-order valence-electron chi connectivity index (χ2n) is 4.92. The van der Waals surface area contributed by atoms with Crippen LogP contribution < -0.4 is 15.8 Å². The topological polar surface area (TPSA) is 84.6 Å². The number of carbonyl (C=O) groups is 1. The molecule has 0 saturated carbocycles. The van der Waals surface area contributed by atoms with Crippen LogP contribution in [0.2, 0.25) is 0 Å². The lowest BCUT2D eigenvalue weighted by Crippen LogP contribution is -2.44. The Hall–Kier alpha value is -1.59. The predicted molar refractivity (Wildman–Crippen MR) is 78.6 cm³/mol. The number of nitrogens with one attached hydrogen (secondary N) is 1. The zero-order valence-corrected chi connectivity index (χ0v) is 12.1. The molecule has 1 aromatic rings. The molecule has 1 rings (SSSR count). The van der Waals surface area contributed by atoms with Crippen molar-refractivity contribution in [1.29, 1.82) is 0 Å². The van der Waals surface area contributed by atoms with Crippen LogP contribution in [0.3, 0.4) is 0 Å². The summed E-state index contributed by atoms with van der Waals surface area (Å²) in [6, 6.07) is 7.07. The number of ether oxygens (including phenoxy) is 1. The van der Waals surface area contributed by atoms with Crippen LogP contribution in [-0.4, -0.2) is 36.3 Å². The molecule has 0 aliphatic carbocycles. The van der Waals surface area contributed by atoms with Crippen molar-refractivity contribution in [3.05, 3.63) is 29.8 Å². The van der Waals surface area contributed by atoms with Crippen LogP contribution in [0, 0.1) is 6.92 Å². The summed E-state index contributed by atoms with van der Waals surface area (Å²) in [7, 11) is 0. The molecular weight excluding hydrogens is 256 g/mol. The molecule has 20 heavy (non-hydrogen) atoms. The van der Waals surface area contributed by atoms with Crippen LogP contribution in [0.25, 0.3) is 0 Å². The van der Waals surface area contributed by atoms with Crippen molar-refractivity contribution in [3.63, 3.8) is 0 Å². The van der Waals surface area contributed by atoms with E-state index in [1.807, 2.05) is 38.1 Å². The van der Waals surface area contributed by atoms with Gasteiger partial charge in [0.05, 0.1) is 6.04 Å². The summed E-state index contributed by atoms with van der Waals surface area (Å²) < 4.78 is 5.46. The van der Waals surface area contributed by atoms with Gasteiger partial charge in [0.15, 0.2) is 0 Å². The molecular formula is C15H24N2O3. The summed E-state index contributed by atoms with van der Waals surface area (Å²) in [5.41, 5.74) is 6.76. The quantitative estimate of drug-likeness (QED) is 0.662. The monoisotopic (exact) mass is 280 g/mol. The number of rotatable bonds is 8. The molecule has 0 aliphatic rings. The number of aryl methyl sites for hydroxylation is 1. The van der Waals surface area contributed by atoms with Crippen LogP contribution in [-0.2, 0) is 4.79 Å². The molecule has 0 saturated heterocycles. The van der Waals surface area contributed by atoms with E-state index in [0.29, 0.717) is 12.2 Å². The molecule has 2 atom stereocenters. The summed E-state index contributed by atoms with van der Waals surface area (Å²) in [5, 5.41) is 12.4. The average Bonchev–Trinajstić information content (AvgIpc) is 2.42. The Morgan fingerprint density at radius 1 is 1.50 bits per heavy atom. The number of benzene rings is 1. The molecule has 0 radical (unpaired) electrons. The van der Waals surface area contributed by atoms with Crippen molar-refractivity contribution in [2.24, 2.45) is 5.73 Å². The molecule has 0 aromatic heterocycles. The van der Waals surface area contributed by atoms with E-state index in [0.717, 1.165) is 12.0 Å². The Labute approximate surface area is 120 Å². The van der Waals surface area contributed by atoms with Gasteiger partial charge in [0.1, 0.15) is 18.5 Å². The fourth-order valence-electron chi connectivity index (χ4n) is 1.75. The summed E-state index contributed by atoms with van der Waals surface area (Å²) >= 11 is 0. The zero-order valence-electron chi connectivity index (χ0n) is 12.1. The average molecular weight is 280 g/mol. The van der Waals surface area contributed by atoms with Crippen LogP contribution in [0.4, 0.5) is 0 Å². The summed E-state index contributed by atoms with van der Waals surface area (Å²) in [5.74, 6) is 0.472. The first-order valence-electron chi connectivity index (χ1n) is 6.93. The van der Waals surface area contributed by atoms with E-state index in [1.165, 1.54) is 0 Å². The van der Waals surface area contributed by atoms with Gasteiger partial charge in [-0.2, -0.15) is 0 Å². The third kappa shape index (κ3) is 6.04. The first kappa shape index (κ1) is 16.5. The normalized spacial score (nSPS) is 13.6. The molecule has 0 heterocycles. The highest BCUT2D eigenvalue weighted by Crippen LogP contribution is 2.12. The van der Waals surface area contributed by atoms with Gasteiger partial charge in [-0.25, -0.2) is 0 Å². The molecule has 0 bridgehead atoms. The minimum Gasteiger partial charge on any atom is -0.491 e. The van der Waals surface area contributed by atoms with Gasteiger partial charge in [-0.3, -0.25) is 4.79 Å². The molecule has 1 aromatic carbocycles. The SMILES string of the molecule is CCCC(N)C(=O)NCC(O)COc1cccc(C)c1. The highest BCUT2D eigenvalue weighted by molar-refractivity contribution is 5.81. The van der Waals surface area contributed by atoms with Gasteiger partial charge >= 0.3 is 0 Å². The number of nitrogens with two attached hydrogens (primary N) is 1. The van der Waals surface area contributed by atoms with E-state index in [-0.39, 0.29) is 19.1 Å². The van der Waals surface area contributed by atoms with E-state index < -0.39 is 12.1 Å². The van der Waals surface area contributed by atoms with Crippen molar-refractivity contribution in [2.75, 3.05) is 13.2 Å². The molecule has 0 fully saturated rings. The first-order valence-corrected chi connectivity index (χ1v) is 6.93. The lowest BCUT2D eigenvalue weighted by molar-refractivity contribution is -0.123. The van der Waals surface area contributed by atoms with Gasteiger partial charge in [-0.05, 0) is 31.0 Å². The molecule has 2 unspecified atom stereocenters. The van der Waals surface area contributed by atoms with Gasteiger partial charge in [-0.1, -0.05) is 25.5 Å². The Morgan fingerprint density at radius 3 is 2.90 bits per heavy atom. The minimum atomic E-state index is -0.756. The third-order valence-electron chi connectivity index (χ3n) is 2.88. The number of hydrogen-bond donors (Lipinski definition) is 3. The molecule has 5 nitrogen and oxygen atoms in total. The maximum Gasteiger partial charge on any atom is 0.237 e. The fourth-order valence-corrected chi connectivity index (χ4v) is 1.75. The highest BCUT2D eigenvalue weighted by atomic mass is 16.5. The van der Waals surface area contributed by atoms with E-state index in [9.17, 15) is 9.90 Å². The number of aliphatic hydroxyl groups is 1. The molecule has 5 heteroatoms. The second kappa shape index (κ2) is 8.55. The van der Waals surface area contributed by atoms with Crippen molar-refractivity contribution >= 4 is 5.91 Å². The maximum atomic E-state index is 11.6. The van der Waals surface area contributed by atoms with Crippen LogP contribution >= 0.6 is 0 Å². The van der Waals surface area contributed by atoms with Crippen LogP contribution in [0.15, 0.2) is 24.3 Å². The maximum absolute atomic E-state index is 11.6. The van der Waals surface area contributed by atoms with E-state index in [4.69, 9.17) is 10.5 Å². The molecule has 4 N–H and O–H groups in total. The van der Waals surface area contributed by atoms with Crippen molar-refractivity contribution in [1.82, 2.24) is 5.32 Å². The van der Waals surface area contributed by atoms with E-state index in [1.54, 1.807) is 0 Å². The largest absolute Gasteiger partial charge is 0.491 e. The standard InChI is InChI=1S/C15H24N2O3/c1-3-5-14(16)15(19)17-9-12(18)10-20-13-7-4-6-11(2)8-13/h4,6-8,12,14,18H,3,5,9-10,16H2,1-2H3,(H,17,19). The van der Waals surface area contributed by atoms with E-state index >= 15 is 0 Å². The van der Waals surface area contributed by atoms with Crippen molar-refractivity contribution in [3.8, 4) is 5.75 Å². The van der Waals surface area contributed by atoms with Crippen LogP contribution in [0.1, 0.15) is 25.3 Å².